The summed E-state index contributed by atoms with van der Waals surface area (Å²) in [5, 5.41) is 13.0. The quantitative estimate of drug-likeness (QED) is 0.482. The van der Waals surface area contributed by atoms with Gasteiger partial charge in [-0.05, 0) is 61.4 Å². The van der Waals surface area contributed by atoms with Gasteiger partial charge in [0.15, 0.2) is 0 Å². The van der Waals surface area contributed by atoms with E-state index >= 15 is 0 Å². The number of nitrogens with zero attached hydrogens (tertiary/aromatic N) is 4. The van der Waals surface area contributed by atoms with Crippen molar-refractivity contribution in [2.75, 3.05) is 11.9 Å². The number of imide groups is 1. The number of hydrogen-bond acceptors (Lipinski definition) is 6. The second-order valence-corrected chi connectivity index (χ2v) is 8.53. The van der Waals surface area contributed by atoms with Gasteiger partial charge in [-0.2, -0.15) is 5.26 Å². The fraction of sp³-hybridized carbons (Fsp3) is 0.231. The molecule has 0 saturated carbocycles. The largest absolute Gasteiger partial charge is 0.439 e. The lowest BCUT2D eigenvalue weighted by molar-refractivity contribution is -0.132. The molecule has 9 heteroatoms. The molecule has 1 fully saturated rings. The molecule has 0 bridgehead atoms. The molecule has 0 spiro atoms. The van der Waals surface area contributed by atoms with E-state index in [0.29, 0.717) is 29.7 Å². The molecular formula is C26H24ClN5O3. The zero-order valence-electron chi connectivity index (χ0n) is 19.4. The van der Waals surface area contributed by atoms with Gasteiger partial charge in [0.25, 0.3) is 0 Å². The highest BCUT2D eigenvalue weighted by Crippen LogP contribution is 2.29. The van der Waals surface area contributed by atoms with Crippen LogP contribution in [0.15, 0.2) is 60.7 Å². The lowest BCUT2D eigenvalue weighted by Crippen LogP contribution is -2.58. The predicted molar refractivity (Wildman–Crippen MR) is 132 cm³/mol. The van der Waals surface area contributed by atoms with Crippen LogP contribution in [0, 0.1) is 18.3 Å². The summed E-state index contributed by atoms with van der Waals surface area (Å²) in [6.45, 7) is 4.32. The molecule has 1 unspecified atom stereocenters. The minimum atomic E-state index is -0.520. The Morgan fingerprint density at radius 3 is 2.63 bits per heavy atom. The maximum absolute atomic E-state index is 13.1. The van der Waals surface area contributed by atoms with Crippen molar-refractivity contribution in [2.24, 2.45) is 0 Å². The molecule has 1 saturated heterocycles. The van der Waals surface area contributed by atoms with Crippen LogP contribution in [0.5, 0.6) is 11.6 Å². The lowest BCUT2D eigenvalue weighted by atomic mass is 10.1. The van der Waals surface area contributed by atoms with Gasteiger partial charge in [-0.25, -0.2) is 9.78 Å². The zero-order chi connectivity index (χ0) is 24.9. The number of nitrogens with one attached hydrogen (secondary N) is 1. The molecule has 4 rings (SSSR count). The number of benzene rings is 2. The molecule has 3 amide bonds. The molecule has 0 aliphatic carbocycles. The SMILES string of the molecule is CCN1C(=O)CC(Nc2ccc(Oc3cccc(C#N)n3)c(C)c2)N(Cc2ccc(Cl)cc2)C1=O. The van der Waals surface area contributed by atoms with Crippen molar-refractivity contribution in [1.29, 1.82) is 5.26 Å². The van der Waals surface area contributed by atoms with Gasteiger partial charge in [0.2, 0.25) is 11.8 Å². The molecule has 3 aromatic rings. The van der Waals surface area contributed by atoms with Crippen LogP contribution >= 0.6 is 11.6 Å². The second kappa shape index (κ2) is 10.5. The summed E-state index contributed by atoms with van der Waals surface area (Å²) in [6.07, 6.45) is -0.372. The first-order valence-corrected chi connectivity index (χ1v) is 11.5. The lowest BCUT2D eigenvalue weighted by Gasteiger charge is -2.40. The van der Waals surface area contributed by atoms with Crippen molar-refractivity contribution in [3.63, 3.8) is 0 Å². The average Bonchev–Trinajstić information content (AvgIpc) is 2.85. The molecular weight excluding hydrogens is 466 g/mol. The number of nitriles is 1. The minimum absolute atomic E-state index is 0.148. The summed E-state index contributed by atoms with van der Waals surface area (Å²) < 4.78 is 5.84. The molecule has 1 N–H and O–H groups in total. The fourth-order valence-corrected chi connectivity index (χ4v) is 4.00. The van der Waals surface area contributed by atoms with Crippen LogP contribution in [-0.2, 0) is 11.3 Å². The molecule has 2 aromatic carbocycles. The summed E-state index contributed by atoms with van der Waals surface area (Å²) in [5.74, 6) is 0.691. The van der Waals surface area contributed by atoms with Gasteiger partial charge in [0.05, 0.1) is 6.42 Å². The highest BCUT2D eigenvalue weighted by molar-refractivity contribution is 6.30. The van der Waals surface area contributed by atoms with Gasteiger partial charge in [0.1, 0.15) is 23.7 Å². The molecule has 35 heavy (non-hydrogen) atoms. The normalized spacial score (nSPS) is 15.7. The first kappa shape index (κ1) is 24.0. The van der Waals surface area contributed by atoms with Crippen molar-refractivity contribution >= 4 is 29.2 Å². The van der Waals surface area contributed by atoms with E-state index in [4.69, 9.17) is 21.6 Å². The highest BCUT2D eigenvalue weighted by atomic mass is 35.5. The van der Waals surface area contributed by atoms with E-state index in [1.807, 2.05) is 37.3 Å². The number of halogens is 1. The van der Waals surface area contributed by atoms with Crippen LogP contribution in [0.2, 0.25) is 5.02 Å². The zero-order valence-corrected chi connectivity index (χ0v) is 20.1. The van der Waals surface area contributed by atoms with E-state index in [2.05, 4.69) is 10.3 Å². The van der Waals surface area contributed by atoms with Crippen LogP contribution in [-0.4, -0.2) is 39.4 Å². The number of rotatable bonds is 7. The molecule has 0 radical (unpaired) electrons. The fourth-order valence-electron chi connectivity index (χ4n) is 3.88. The summed E-state index contributed by atoms with van der Waals surface area (Å²) >= 11 is 6.00. The van der Waals surface area contributed by atoms with E-state index in [0.717, 1.165) is 16.8 Å². The third-order valence-corrected chi connectivity index (χ3v) is 5.92. The first-order valence-electron chi connectivity index (χ1n) is 11.2. The van der Waals surface area contributed by atoms with Crippen LogP contribution in [0.25, 0.3) is 0 Å². The van der Waals surface area contributed by atoms with Gasteiger partial charge in [-0.3, -0.25) is 14.6 Å². The Morgan fingerprint density at radius 2 is 1.94 bits per heavy atom. The van der Waals surface area contributed by atoms with E-state index in [1.165, 1.54) is 4.90 Å². The van der Waals surface area contributed by atoms with E-state index in [9.17, 15) is 9.59 Å². The molecule has 1 aromatic heterocycles. The number of ether oxygens (including phenoxy) is 1. The maximum atomic E-state index is 13.1. The van der Waals surface area contributed by atoms with Gasteiger partial charge in [-0.15, -0.1) is 0 Å². The summed E-state index contributed by atoms with van der Waals surface area (Å²) in [4.78, 5) is 32.8. The molecule has 2 heterocycles. The Morgan fingerprint density at radius 1 is 1.17 bits per heavy atom. The van der Waals surface area contributed by atoms with E-state index < -0.39 is 6.17 Å². The summed E-state index contributed by atoms with van der Waals surface area (Å²) in [6, 6.07) is 19.4. The Hall–Kier alpha value is -4.09. The number of anilines is 1. The molecule has 1 atom stereocenters. The van der Waals surface area contributed by atoms with Gasteiger partial charge in [0, 0.05) is 29.9 Å². The van der Waals surface area contributed by atoms with Crippen LogP contribution in [0.4, 0.5) is 10.5 Å². The standard InChI is InChI=1S/C26H24ClN5O3/c1-3-31-25(33)14-23(32(26(31)34)16-18-7-9-19(27)10-8-18)29-20-11-12-22(17(2)13-20)35-24-6-4-5-21(15-28)30-24/h4-13,23,29H,3,14,16H2,1-2H3. The maximum Gasteiger partial charge on any atom is 0.328 e. The Labute approximate surface area is 208 Å². The number of urea groups is 1. The number of carbonyl (C=O) groups is 2. The van der Waals surface area contributed by atoms with Crippen molar-refractivity contribution in [3.05, 3.63) is 82.5 Å². The summed E-state index contributed by atoms with van der Waals surface area (Å²) in [5.41, 5.74) is 2.75. The minimum Gasteiger partial charge on any atom is -0.439 e. The van der Waals surface area contributed by atoms with Gasteiger partial charge >= 0.3 is 6.03 Å². The number of aromatic nitrogens is 1. The van der Waals surface area contributed by atoms with Crippen molar-refractivity contribution < 1.29 is 14.3 Å². The predicted octanol–water partition coefficient (Wildman–Crippen LogP) is 5.32. The number of amides is 3. The van der Waals surface area contributed by atoms with Crippen LogP contribution in [0.1, 0.15) is 30.2 Å². The molecule has 1 aliphatic rings. The number of carbonyl (C=O) groups excluding carboxylic acids is 2. The van der Waals surface area contributed by atoms with Gasteiger partial charge in [-0.1, -0.05) is 29.8 Å². The first-order chi connectivity index (χ1) is 16.9. The summed E-state index contributed by atoms with van der Waals surface area (Å²) in [7, 11) is 0. The van der Waals surface area contributed by atoms with E-state index in [-0.39, 0.29) is 24.1 Å². The number of aryl methyl sites for hydroxylation is 1. The van der Waals surface area contributed by atoms with Gasteiger partial charge < -0.3 is 10.1 Å². The van der Waals surface area contributed by atoms with Crippen molar-refractivity contribution in [3.8, 4) is 17.7 Å². The Balaban J connectivity index is 1.54. The topological polar surface area (TPSA) is 98.6 Å². The average molecular weight is 490 g/mol. The number of pyridine rings is 1. The number of hydrogen-bond donors (Lipinski definition) is 1. The Bertz CT molecular complexity index is 1290. The highest BCUT2D eigenvalue weighted by Gasteiger charge is 2.38. The smallest absolute Gasteiger partial charge is 0.328 e. The van der Waals surface area contributed by atoms with Crippen LogP contribution < -0.4 is 10.1 Å². The van der Waals surface area contributed by atoms with Crippen LogP contribution in [0.3, 0.4) is 0 Å². The molecule has 1 aliphatic heterocycles. The van der Waals surface area contributed by atoms with Crippen molar-refractivity contribution in [1.82, 2.24) is 14.8 Å². The Kier molecular flexibility index (Phi) is 7.18. The third-order valence-electron chi connectivity index (χ3n) is 5.67. The molecule has 178 valence electrons. The monoisotopic (exact) mass is 489 g/mol. The molecule has 8 nitrogen and oxygen atoms in total. The van der Waals surface area contributed by atoms with Crippen molar-refractivity contribution in [2.45, 2.75) is 33.0 Å². The third kappa shape index (κ3) is 5.53. The second-order valence-electron chi connectivity index (χ2n) is 8.09. The van der Waals surface area contributed by atoms with E-state index in [1.54, 1.807) is 48.2 Å².